The first-order valence-corrected chi connectivity index (χ1v) is 9.03. The molecule has 0 fully saturated rings. The van der Waals surface area contributed by atoms with E-state index in [1.165, 1.54) is 11.8 Å². The van der Waals surface area contributed by atoms with Crippen molar-refractivity contribution in [3.63, 3.8) is 0 Å². The summed E-state index contributed by atoms with van der Waals surface area (Å²) in [6.07, 6.45) is 0. The van der Waals surface area contributed by atoms with Crippen molar-refractivity contribution in [2.24, 2.45) is 0 Å². The fraction of sp³-hybridized carbons (Fsp3) is 0.176. The summed E-state index contributed by atoms with van der Waals surface area (Å²) in [6, 6.07) is 11.3. The van der Waals surface area contributed by atoms with Gasteiger partial charge >= 0.3 is 0 Å². The topological polar surface area (TPSA) is 52.9 Å². The molecule has 2 aromatic carbocycles. The highest BCUT2D eigenvalue weighted by atomic mass is 35.5. The van der Waals surface area contributed by atoms with Gasteiger partial charge in [0, 0.05) is 15.5 Å². The third-order valence-corrected chi connectivity index (χ3v) is 5.21. The second kappa shape index (κ2) is 8.30. The van der Waals surface area contributed by atoms with E-state index < -0.39 is 0 Å². The van der Waals surface area contributed by atoms with Crippen LogP contribution < -0.4 is 5.32 Å². The number of thiocyanates is 1. The molecular formula is C17H15ClN2OS2. The average molecular weight is 363 g/mol. The fourth-order valence-electron chi connectivity index (χ4n) is 2.11. The van der Waals surface area contributed by atoms with Crippen LogP contribution in [0.1, 0.15) is 11.1 Å². The maximum atomic E-state index is 12.2. The first kappa shape index (κ1) is 17.7. The largest absolute Gasteiger partial charge is 0.325 e. The standard InChI is InChI=1S/C17H15ClN2OS2/c1-11-7-13(23-10-19)8-12(2)17(11)20-16(21)9-22-15-6-4-3-5-14(15)18/h3-8H,9H2,1-2H3,(H,20,21). The minimum atomic E-state index is -0.0817. The Hall–Kier alpha value is -1.61. The predicted octanol–water partition coefficient (Wildman–Crippen LogP) is 5.26. The van der Waals surface area contributed by atoms with E-state index >= 15 is 0 Å². The molecule has 0 bridgehead atoms. The number of rotatable bonds is 5. The van der Waals surface area contributed by atoms with E-state index in [0.717, 1.165) is 38.4 Å². The summed E-state index contributed by atoms with van der Waals surface area (Å²) in [5, 5.41) is 14.4. The van der Waals surface area contributed by atoms with Crippen LogP contribution in [0.2, 0.25) is 5.02 Å². The number of nitrogens with one attached hydrogen (secondary N) is 1. The van der Waals surface area contributed by atoms with E-state index in [1.54, 1.807) is 0 Å². The lowest BCUT2D eigenvalue weighted by atomic mass is 10.1. The number of carbonyl (C=O) groups is 1. The van der Waals surface area contributed by atoms with Gasteiger partial charge in [-0.3, -0.25) is 4.79 Å². The predicted molar refractivity (Wildman–Crippen MR) is 98.2 cm³/mol. The lowest BCUT2D eigenvalue weighted by Crippen LogP contribution is -2.15. The molecule has 6 heteroatoms. The lowest BCUT2D eigenvalue weighted by molar-refractivity contribution is -0.113. The first-order chi connectivity index (χ1) is 11.0. The van der Waals surface area contributed by atoms with Crippen molar-refractivity contribution >= 4 is 46.7 Å². The fourth-order valence-corrected chi connectivity index (χ4v) is 3.73. The van der Waals surface area contributed by atoms with Crippen LogP contribution in [-0.2, 0) is 4.79 Å². The highest BCUT2D eigenvalue weighted by molar-refractivity contribution is 8.03. The number of nitrogens with zero attached hydrogens (tertiary/aromatic N) is 1. The number of nitriles is 1. The Kier molecular flexibility index (Phi) is 6.40. The molecular weight excluding hydrogens is 348 g/mol. The van der Waals surface area contributed by atoms with Gasteiger partial charge in [-0.2, -0.15) is 5.26 Å². The van der Waals surface area contributed by atoms with Gasteiger partial charge in [-0.25, -0.2) is 0 Å². The summed E-state index contributed by atoms with van der Waals surface area (Å²) in [7, 11) is 0. The van der Waals surface area contributed by atoms with Crippen molar-refractivity contribution < 1.29 is 4.79 Å². The molecule has 0 heterocycles. The van der Waals surface area contributed by atoms with Crippen molar-refractivity contribution in [2.45, 2.75) is 23.6 Å². The Morgan fingerprint density at radius 2 is 1.91 bits per heavy atom. The van der Waals surface area contributed by atoms with Gasteiger partial charge < -0.3 is 5.32 Å². The monoisotopic (exact) mass is 362 g/mol. The summed E-state index contributed by atoms with van der Waals surface area (Å²) in [4.78, 5) is 13.9. The molecule has 0 spiro atoms. The summed E-state index contributed by atoms with van der Waals surface area (Å²) >= 11 is 8.60. The molecule has 2 aromatic rings. The normalized spacial score (nSPS) is 10.2. The molecule has 118 valence electrons. The molecule has 23 heavy (non-hydrogen) atoms. The van der Waals surface area contributed by atoms with Gasteiger partial charge in [-0.1, -0.05) is 23.7 Å². The van der Waals surface area contributed by atoms with Crippen LogP contribution in [0.25, 0.3) is 0 Å². The third kappa shape index (κ3) is 4.93. The Balaban J connectivity index is 2.03. The number of thioether (sulfide) groups is 2. The number of hydrogen-bond acceptors (Lipinski definition) is 4. The van der Waals surface area contributed by atoms with Crippen molar-refractivity contribution in [3.05, 3.63) is 52.5 Å². The Labute approximate surface area is 149 Å². The van der Waals surface area contributed by atoms with E-state index in [-0.39, 0.29) is 11.7 Å². The maximum absolute atomic E-state index is 12.2. The number of carbonyl (C=O) groups excluding carboxylic acids is 1. The van der Waals surface area contributed by atoms with Crippen LogP contribution in [0.15, 0.2) is 46.2 Å². The van der Waals surface area contributed by atoms with Gasteiger partial charge in [-0.05, 0) is 61.0 Å². The molecule has 0 unspecified atom stereocenters. The molecule has 1 amide bonds. The molecule has 2 rings (SSSR count). The van der Waals surface area contributed by atoms with Gasteiger partial charge in [-0.15, -0.1) is 11.8 Å². The number of aryl methyl sites for hydroxylation is 2. The third-order valence-electron chi connectivity index (χ3n) is 3.13. The van der Waals surface area contributed by atoms with E-state index in [1.807, 2.05) is 50.2 Å². The van der Waals surface area contributed by atoms with Crippen LogP contribution >= 0.6 is 35.1 Å². The number of benzene rings is 2. The van der Waals surface area contributed by atoms with Gasteiger partial charge in [0.15, 0.2) is 0 Å². The average Bonchev–Trinajstić information content (AvgIpc) is 2.50. The van der Waals surface area contributed by atoms with Crippen LogP contribution in [0.3, 0.4) is 0 Å². The Morgan fingerprint density at radius 3 is 2.52 bits per heavy atom. The van der Waals surface area contributed by atoms with Crippen molar-refractivity contribution in [2.75, 3.05) is 11.1 Å². The van der Waals surface area contributed by atoms with E-state index in [2.05, 4.69) is 10.7 Å². The highest BCUT2D eigenvalue weighted by Gasteiger charge is 2.10. The summed E-state index contributed by atoms with van der Waals surface area (Å²) < 4.78 is 0. The maximum Gasteiger partial charge on any atom is 0.234 e. The van der Waals surface area contributed by atoms with Crippen LogP contribution in [0.4, 0.5) is 5.69 Å². The summed E-state index contributed by atoms with van der Waals surface area (Å²) in [6.45, 7) is 3.84. The zero-order valence-electron chi connectivity index (χ0n) is 12.7. The zero-order chi connectivity index (χ0) is 16.8. The SMILES string of the molecule is Cc1cc(SC#N)cc(C)c1NC(=O)CSc1ccccc1Cl. The number of amides is 1. The quantitative estimate of drug-likeness (QED) is 0.582. The molecule has 0 aliphatic heterocycles. The molecule has 0 atom stereocenters. The van der Waals surface area contributed by atoms with Crippen LogP contribution in [0.5, 0.6) is 0 Å². The minimum absolute atomic E-state index is 0.0817. The van der Waals surface area contributed by atoms with Crippen LogP contribution in [-0.4, -0.2) is 11.7 Å². The van der Waals surface area contributed by atoms with Gasteiger partial charge in [0.05, 0.1) is 10.8 Å². The van der Waals surface area contributed by atoms with E-state index in [0.29, 0.717) is 5.02 Å². The van der Waals surface area contributed by atoms with Crippen LogP contribution in [0, 0.1) is 24.5 Å². The number of halogens is 1. The van der Waals surface area contributed by atoms with Crippen molar-refractivity contribution in [3.8, 4) is 5.40 Å². The molecule has 3 nitrogen and oxygen atoms in total. The molecule has 1 N–H and O–H groups in total. The van der Waals surface area contributed by atoms with E-state index in [9.17, 15) is 4.79 Å². The van der Waals surface area contributed by atoms with Gasteiger partial charge in [0.25, 0.3) is 0 Å². The zero-order valence-corrected chi connectivity index (χ0v) is 15.1. The molecule has 0 aliphatic rings. The lowest BCUT2D eigenvalue weighted by Gasteiger charge is -2.13. The molecule has 0 saturated heterocycles. The Bertz CT molecular complexity index is 748. The van der Waals surface area contributed by atoms with Gasteiger partial charge in [0.2, 0.25) is 5.91 Å². The molecule has 0 saturated carbocycles. The molecule has 0 aromatic heterocycles. The van der Waals surface area contributed by atoms with E-state index in [4.69, 9.17) is 16.9 Å². The summed E-state index contributed by atoms with van der Waals surface area (Å²) in [5.41, 5.74) is 2.69. The Morgan fingerprint density at radius 1 is 1.26 bits per heavy atom. The second-order valence-corrected chi connectivity index (χ2v) is 7.18. The second-order valence-electron chi connectivity index (χ2n) is 4.89. The summed E-state index contributed by atoms with van der Waals surface area (Å²) in [5.74, 6) is 0.207. The van der Waals surface area contributed by atoms with Crippen molar-refractivity contribution in [1.29, 1.82) is 5.26 Å². The minimum Gasteiger partial charge on any atom is -0.325 e. The van der Waals surface area contributed by atoms with Crippen molar-refractivity contribution in [1.82, 2.24) is 0 Å². The molecule has 0 aliphatic carbocycles. The molecule has 0 radical (unpaired) electrons. The number of anilines is 1. The van der Waals surface area contributed by atoms with Gasteiger partial charge in [0.1, 0.15) is 5.40 Å². The smallest absolute Gasteiger partial charge is 0.234 e. The number of hydrogen-bond donors (Lipinski definition) is 1. The first-order valence-electron chi connectivity index (χ1n) is 6.85. The highest BCUT2D eigenvalue weighted by Crippen LogP contribution is 2.29.